The maximum Gasteiger partial charge on any atom is 0.226 e. The number of nitrogens with two attached hydrogens (primary N) is 2. The van der Waals surface area contributed by atoms with Crippen LogP contribution >= 0.6 is 0 Å². The van der Waals surface area contributed by atoms with Crippen molar-refractivity contribution in [1.29, 1.82) is 0 Å². The van der Waals surface area contributed by atoms with Crippen molar-refractivity contribution >= 4 is 5.70 Å². The molecule has 0 bridgehead atoms. The van der Waals surface area contributed by atoms with E-state index in [0.717, 1.165) is 30.7 Å². The molecule has 2 aliphatic rings. The third-order valence-electron chi connectivity index (χ3n) is 5.89. The van der Waals surface area contributed by atoms with Crippen LogP contribution in [0.25, 0.3) is 5.70 Å². The number of allylic oxidation sites excluding steroid dienone is 1. The molecule has 0 atom stereocenters. The van der Waals surface area contributed by atoms with Gasteiger partial charge in [0.15, 0.2) is 5.82 Å². The smallest absolute Gasteiger partial charge is 0.226 e. The Morgan fingerprint density at radius 1 is 1.17 bits per heavy atom. The van der Waals surface area contributed by atoms with E-state index in [1.807, 2.05) is 19.1 Å². The lowest BCUT2D eigenvalue weighted by Crippen LogP contribution is -2.29. The van der Waals surface area contributed by atoms with E-state index in [-0.39, 0.29) is 6.10 Å². The topological polar surface area (TPSA) is 116 Å². The highest BCUT2D eigenvalue weighted by Crippen LogP contribution is 2.32. The van der Waals surface area contributed by atoms with Gasteiger partial charge in [-0.3, -0.25) is 0 Å². The number of rotatable bonds is 8. The molecule has 4 rings (SSSR count). The van der Waals surface area contributed by atoms with Crippen molar-refractivity contribution in [1.82, 2.24) is 20.1 Å². The summed E-state index contributed by atoms with van der Waals surface area (Å²) in [6, 6.07) is 3.84. The summed E-state index contributed by atoms with van der Waals surface area (Å²) in [6.07, 6.45) is 9.99. The van der Waals surface area contributed by atoms with Gasteiger partial charge < -0.3 is 20.0 Å². The molecule has 0 aliphatic heterocycles. The first-order valence-corrected chi connectivity index (χ1v) is 10.9. The zero-order valence-electron chi connectivity index (χ0n) is 17.9. The zero-order chi connectivity index (χ0) is 21.1. The van der Waals surface area contributed by atoms with E-state index in [9.17, 15) is 0 Å². The van der Waals surface area contributed by atoms with Crippen LogP contribution in [-0.2, 0) is 12.8 Å². The Kier molecular flexibility index (Phi) is 6.22. The van der Waals surface area contributed by atoms with Gasteiger partial charge in [0.25, 0.3) is 0 Å². The van der Waals surface area contributed by atoms with Crippen molar-refractivity contribution in [3.05, 3.63) is 40.9 Å². The molecule has 0 unspecified atom stereocenters. The lowest BCUT2D eigenvalue weighted by Gasteiger charge is -2.24. The summed E-state index contributed by atoms with van der Waals surface area (Å²) in [5.41, 5.74) is 9.14. The minimum atomic E-state index is 0.284. The summed E-state index contributed by atoms with van der Waals surface area (Å²) >= 11 is 0. The standard InChI is InChI=1S/C22H32N6O2/c1-14-19(29-16-6-4-3-5-7-16)11-10-17(25-14)22(23)18(28(2)24)13-20-26-21(30-27-20)12-15-8-9-15/h10-11,15-16H,3-9,12-13,23-24H2,1-2H3/b22-18-. The molecule has 8 nitrogen and oxygen atoms in total. The molecule has 2 aromatic rings. The monoisotopic (exact) mass is 412 g/mol. The van der Waals surface area contributed by atoms with Crippen molar-refractivity contribution in [2.45, 2.75) is 70.8 Å². The lowest BCUT2D eigenvalue weighted by molar-refractivity contribution is 0.153. The molecule has 0 radical (unpaired) electrons. The van der Waals surface area contributed by atoms with E-state index < -0.39 is 0 Å². The predicted octanol–water partition coefficient (Wildman–Crippen LogP) is 3.11. The Morgan fingerprint density at radius 2 is 1.93 bits per heavy atom. The van der Waals surface area contributed by atoms with Crippen molar-refractivity contribution < 1.29 is 9.26 Å². The molecule has 2 aliphatic carbocycles. The molecule has 0 saturated heterocycles. The van der Waals surface area contributed by atoms with Gasteiger partial charge in [-0.25, -0.2) is 10.8 Å². The molecular weight excluding hydrogens is 380 g/mol. The van der Waals surface area contributed by atoms with Gasteiger partial charge >= 0.3 is 0 Å². The summed E-state index contributed by atoms with van der Waals surface area (Å²) in [6.45, 7) is 1.95. The second-order valence-electron chi connectivity index (χ2n) is 8.56. The number of aromatic nitrogens is 3. The number of likely N-dealkylation sites (N-methyl/N-ethyl adjacent to an activating group) is 1. The average Bonchev–Trinajstić information content (AvgIpc) is 3.44. The van der Waals surface area contributed by atoms with E-state index >= 15 is 0 Å². The van der Waals surface area contributed by atoms with Crippen molar-refractivity contribution in [2.75, 3.05) is 7.05 Å². The van der Waals surface area contributed by atoms with Gasteiger partial charge in [0, 0.05) is 13.5 Å². The molecule has 2 fully saturated rings. The molecule has 0 spiro atoms. The number of pyridine rings is 1. The second-order valence-corrected chi connectivity index (χ2v) is 8.56. The van der Waals surface area contributed by atoms with Crippen molar-refractivity contribution in [2.24, 2.45) is 17.5 Å². The fourth-order valence-electron chi connectivity index (χ4n) is 3.91. The normalized spacial score (nSPS) is 18.2. The van der Waals surface area contributed by atoms with Crippen LogP contribution in [0, 0.1) is 12.8 Å². The van der Waals surface area contributed by atoms with E-state index in [2.05, 4.69) is 15.1 Å². The SMILES string of the molecule is Cc1nc(/C(N)=C(\Cc2noc(CC3CC3)n2)N(C)N)ccc1OC1CCCCC1. The van der Waals surface area contributed by atoms with Crippen LogP contribution in [0.15, 0.2) is 22.4 Å². The van der Waals surface area contributed by atoms with Gasteiger partial charge in [0.05, 0.1) is 35.3 Å². The Hall–Kier alpha value is -2.61. The maximum atomic E-state index is 6.46. The predicted molar refractivity (Wildman–Crippen MR) is 114 cm³/mol. The highest BCUT2D eigenvalue weighted by atomic mass is 16.5. The van der Waals surface area contributed by atoms with Crippen molar-refractivity contribution in [3.63, 3.8) is 0 Å². The van der Waals surface area contributed by atoms with Crippen LogP contribution in [0.2, 0.25) is 0 Å². The van der Waals surface area contributed by atoms with Crippen LogP contribution < -0.4 is 16.3 Å². The highest BCUT2D eigenvalue weighted by Gasteiger charge is 2.25. The highest BCUT2D eigenvalue weighted by molar-refractivity contribution is 5.63. The number of hydrogen-bond acceptors (Lipinski definition) is 8. The Bertz CT molecular complexity index is 897. The number of aryl methyl sites for hydroxylation is 1. The summed E-state index contributed by atoms with van der Waals surface area (Å²) in [4.78, 5) is 9.18. The molecular formula is C22H32N6O2. The summed E-state index contributed by atoms with van der Waals surface area (Å²) < 4.78 is 11.5. The van der Waals surface area contributed by atoms with E-state index in [1.54, 1.807) is 7.05 Å². The molecule has 8 heteroatoms. The quantitative estimate of drug-likeness (QED) is 0.502. The van der Waals surface area contributed by atoms with E-state index in [4.69, 9.17) is 20.8 Å². The van der Waals surface area contributed by atoms with Crippen LogP contribution in [0.1, 0.15) is 68.0 Å². The van der Waals surface area contributed by atoms with Crippen LogP contribution in [0.5, 0.6) is 5.75 Å². The zero-order valence-corrected chi connectivity index (χ0v) is 17.9. The first-order valence-electron chi connectivity index (χ1n) is 10.9. The largest absolute Gasteiger partial charge is 0.489 e. The van der Waals surface area contributed by atoms with Gasteiger partial charge in [0.2, 0.25) is 5.89 Å². The first-order chi connectivity index (χ1) is 14.5. The van der Waals surface area contributed by atoms with Crippen LogP contribution in [0.3, 0.4) is 0 Å². The second kappa shape index (κ2) is 9.04. The molecule has 162 valence electrons. The number of hydrazine groups is 1. The van der Waals surface area contributed by atoms with Gasteiger partial charge in [-0.2, -0.15) is 4.98 Å². The number of nitrogens with zero attached hydrogens (tertiary/aromatic N) is 4. The Balaban J connectivity index is 1.50. The third-order valence-corrected chi connectivity index (χ3v) is 5.89. The molecule has 30 heavy (non-hydrogen) atoms. The van der Waals surface area contributed by atoms with E-state index in [1.165, 1.54) is 37.1 Å². The van der Waals surface area contributed by atoms with Gasteiger partial charge in [-0.05, 0) is 63.5 Å². The Labute approximate surface area is 177 Å². The summed E-state index contributed by atoms with van der Waals surface area (Å²) in [7, 11) is 1.75. The van der Waals surface area contributed by atoms with Crippen molar-refractivity contribution in [3.8, 4) is 5.75 Å². The van der Waals surface area contributed by atoms with Crippen LogP contribution in [-0.4, -0.2) is 33.3 Å². The first kappa shape index (κ1) is 20.7. The van der Waals surface area contributed by atoms with Gasteiger partial charge in [-0.1, -0.05) is 11.6 Å². The fourth-order valence-corrected chi connectivity index (χ4v) is 3.91. The fraction of sp³-hybridized carbons (Fsp3) is 0.591. The lowest BCUT2D eigenvalue weighted by atomic mass is 9.98. The van der Waals surface area contributed by atoms with E-state index in [0.29, 0.717) is 41.1 Å². The molecule has 2 heterocycles. The molecule has 2 aromatic heterocycles. The molecule has 0 amide bonds. The van der Waals surface area contributed by atoms with Gasteiger partial charge in [0.1, 0.15) is 5.75 Å². The summed E-state index contributed by atoms with van der Waals surface area (Å²) in [5, 5.41) is 5.59. The Morgan fingerprint density at radius 3 is 2.60 bits per heavy atom. The van der Waals surface area contributed by atoms with Crippen LogP contribution in [0.4, 0.5) is 0 Å². The number of ether oxygens (including phenoxy) is 1. The average molecular weight is 413 g/mol. The third kappa shape index (κ3) is 5.11. The minimum Gasteiger partial charge on any atom is -0.489 e. The maximum absolute atomic E-state index is 6.46. The number of hydrogen-bond donors (Lipinski definition) is 2. The summed E-state index contributed by atoms with van der Waals surface area (Å²) in [5.74, 6) is 8.85. The minimum absolute atomic E-state index is 0.284. The molecule has 2 saturated carbocycles. The van der Waals surface area contributed by atoms with Gasteiger partial charge in [-0.15, -0.1) is 0 Å². The molecule has 0 aromatic carbocycles. The molecule has 4 N–H and O–H groups in total.